The maximum Gasteiger partial charge on any atom is 0.248 e. The van der Waals surface area contributed by atoms with Crippen LogP contribution in [0, 0.1) is 5.92 Å². The summed E-state index contributed by atoms with van der Waals surface area (Å²) in [7, 11) is 0. The monoisotopic (exact) mass is 274 g/mol. The lowest BCUT2D eigenvalue weighted by molar-refractivity contribution is -0.118. The fraction of sp³-hybridized carbons (Fsp3) is 0.273. The molecule has 0 spiro atoms. The maximum atomic E-state index is 11.5. The summed E-state index contributed by atoms with van der Waals surface area (Å²) in [6, 6.07) is 2.73. The number of nitrogens with two attached hydrogens (primary N) is 1. The molecule has 1 aromatic carbocycles. The van der Waals surface area contributed by atoms with Crippen LogP contribution in [-0.4, -0.2) is 11.8 Å². The van der Waals surface area contributed by atoms with Gasteiger partial charge in [0.15, 0.2) is 0 Å². The first-order valence-electron chi connectivity index (χ1n) is 4.92. The summed E-state index contributed by atoms with van der Waals surface area (Å²) < 4.78 is 0. The van der Waals surface area contributed by atoms with Crippen LogP contribution in [0.2, 0.25) is 10.0 Å². The van der Waals surface area contributed by atoms with Crippen molar-refractivity contribution in [2.24, 2.45) is 11.7 Å². The van der Waals surface area contributed by atoms with Crippen LogP contribution in [0.4, 0.5) is 5.69 Å². The minimum atomic E-state index is -0.629. The Kier molecular flexibility index (Phi) is 4.37. The van der Waals surface area contributed by atoms with E-state index in [4.69, 9.17) is 28.9 Å². The number of carbonyl (C=O) groups excluding carboxylic acids is 2. The fourth-order valence-corrected chi connectivity index (χ4v) is 1.68. The summed E-state index contributed by atoms with van der Waals surface area (Å²) in [5, 5.41) is 2.95. The third-order valence-corrected chi connectivity index (χ3v) is 2.70. The predicted octanol–water partition coefficient (Wildman–Crippen LogP) is 2.69. The molecule has 0 aliphatic heterocycles. The Labute approximate surface area is 109 Å². The van der Waals surface area contributed by atoms with Gasteiger partial charge in [0.2, 0.25) is 11.8 Å². The second-order valence-electron chi connectivity index (χ2n) is 3.82. The van der Waals surface area contributed by atoms with Crippen molar-refractivity contribution in [3.05, 3.63) is 27.7 Å². The van der Waals surface area contributed by atoms with Gasteiger partial charge >= 0.3 is 0 Å². The number of primary amides is 1. The lowest BCUT2D eigenvalue weighted by Crippen LogP contribution is -2.19. The van der Waals surface area contributed by atoms with E-state index in [-0.39, 0.29) is 33.1 Å². The minimum absolute atomic E-state index is 0.181. The molecule has 92 valence electrons. The van der Waals surface area contributed by atoms with Gasteiger partial charge in [0, 0.05) is 11.5 Å². The number of hydrogen-bond donors (Lipinski definition) is 2. The van der Waals surface area contributed by atoms with Crippen molar-refractivity contribution in [3.8, 4) is 0 Å². The number of nitrogens with one attached hydrogen (secondary N) is 1. The molecule has 17 heavy (non-hydrogen) atoms. The third-order valence-electron chi connectivity index (χ3n) is 2.10. The first kappa shape index (κ1) is 13.8. The van der Waals surface area contributed by atoms with Crippen molar-refractivity contribution in [2.45, 2.75) is 13.8 Å². The zero-order chi connectivity index (χ0) is 13.2. The van der Waals surface area contributed by atoms with Crippen molar-refractivity contribution >= 4 is 40.7 Å². The first-order chi connectivity index (χ1) is 7.82. The molecule has 0 heterocycles. The van der Waals surface area contributed by atoms with Gasteiger partial charge < -0.3 is 11.1 Å². The second-order valence-corrected chi connectivity index (χ2v) is 4.64. The largest absolute Gasteiger partial charge is 0.366 e. The summed E-state index contributed by atoms with van der Waals surface area (Å²) in [6.45, 7) is 3.49. The molecule has 0 aliphatic rings. The molecule has 0 aromatic heterocycles. The Morgan fingerprint density at radius 1 is 1.24 bits per heavy atom. The molecule has 0 aliphatic carbocycles. The lowest BCUT2D eigenvalue weighted by atomic mass is 10.1. The van der Waals surface area contributed by atoms with Gasteiger partial charge in [0.25, 0.3) is 0 Å². The highest BCUT2D eigenvalue weighted by Gasteiger charge is 2.15. The highest BCUT2D eigenvalue weighted by atomic mass is 35.5. The number of halogens is 2. The van der Waals surface area contributed by atoms with Crippen molar-refractivity contribution in [3.63, 3.8) is 0 Å². The summed E-state index contributed by atoms with van der Waals surface area (Å²) >= 11 is 11.8. The maximum absolute atomic E-state index is 11.5. The van der Waals surface area contributed by atoms with E-state index in [1.165, 1.54) is 12.1 Å². The SMILES string of the molecule is CC(C)C(=O)Nc1c(Cl)cc(C(N)=O)cc1Cl. The van der Waals surface area contributed by atoms with E-state index in [0.717, 1.165) is 0 Å². The standard InChI is InChI=1S/C11H12Cl2N2O2/c1-5(2)11(17)15-9-7(12)3-6(10(14)16)4-8(9)13/h3-5H,1-2H3,(H2,14,16)(H,15,17). The van der Waals surface area contributed by atoms with Gasteiger partial charge in [0.05, 0.1) is 15.7 Å². The molecule has 0 radical (unpaired) electrons. The summed E-state index contributed by atoms with van der Waals surface area (Å²) in [5.41, 5.74) is 5.59. The number of rotatable bonds is 3. The number of amides is 2. The highest BCUT2D eigenvalue weighted by Crippen LogP contribution is 2.32. The van der Waals surface area contributed by atoms with Crippen LogP contribution in [0.25, 0.3) is 0 Å². The van der Waals surface area contributed by atoms with Crippen LogP contribution in [0.1, 0.15) is 24.2 Å². The van der Waals surface area contributed by atoms with E-state index in [2.05, 4.69) is 5.32 Å². The molecule has 4 nitrogen and oxygen atoms in total. The average Bonchev–Trinajstić information content (AvgIpc) is 2.22. The van der Waals surface area contributed by atoms with E-state index in [0.29, 0.717) is 0 Å². The van der Waals surface area contributed by atoms with Gasteiger partial charge in [-0.15, -0.1) is 0 Å². The Balaban J connectivity index is 3.10. The zero-order valence-electron chi connectivity index (χ0n) is 9.38. The van der Waals surface area contributed by atoms with Crippen LogP contribution in [0.15, 0.2) is 12.1 Å². The molecule has 0 saturated carbocycles. The molecular weight excluding hydrogens is 263 g/mol. The molecule has 0 saturated heterocycles. The fourth-order valence-electron chi connectivity index (χ4n) is 1.10. The summed E-state index contributed by atoms with van der Waals surface area (Å²) in [4.78, 5) is 22.5. The first-order valence-corrected chi connectivity index (χ1v) is 5.68. The Bertz CT molecular complexity index is 450. The molecule has 0 atom stereocenters. The minimum Gasteiger partial charge on any atom is -0.366 e. The Morgan fingerprint density at radius 2 is 1.71 bits per heavy atom. The third kappa shape index (κ3) is 3.35. The van der Waals surface area contributed by atoms with E-state index >= 15 is 0 Å². The Hall–Kier alpha value is -1.26. The molecule has 1 rings (SSSR count). The molecule has 0 fully saturated rings. The van der Waals surface area contributed by atoms with Gasteiger partial charge in [-0.3, -0.25) is 9.59 Å². The van der Waals surface area contributed by atoms with Crippen LogP contribution in [-0.2, 0) is 4.79 Å². The molecule has 0 unspecified atom stereocenters. The molecule has 2 amide bonds. The highest BCUT2D eigenvalue weighted by molar-refractivity contribution is 6.40. The summed E-state index contributed by atoms with van der Waals surface area (Å²) in [6.07, 6.45) is 0. The van der Waals surface area contributed by atoms with Crippen molar-refractivity contribution < 1.29 is 9.59 Å². The van der Waals surface area contributed by atoms with E-state index < -0.39 is 5.91 Å². The number of benzene rings is 1. The Morgan fingerprint density at radius 3 is 2.06 bits per heavy atom. The second kappa shape index (κ2) is 5.38. The number of carbonyl (C=O) groups is 2. The lowest BCUT2D eigenvalue weighted by Gasteiger charge is -2.12. The van der Waals surface area contributed by atoms with E-state index in [9.17, 15) is 9.59 Å². The van der Waals surface area contributed by atoms with Crippen LogP contribution < -0.4 is 11.1 Å². The van der Waals surface area contributed by atoms with Crippen molar-refractivity contribution in [2.75, 3.05) is 5.32 Å². The zero-order valence-corrected chi connectivity index (χ0v) is 10.9. The topological polar surface area (TPSA) is 72.2 Å². The van der Waals surface area contributed by atoms with Crippen LogP contribution >= 0.6 is 23.2 Å². The molecule has 0 bridgehead atoms. The van der Waals surface area contributed by atoms with Gasteiger partial charge in [0.1, 0.15) is 0 Å². The van der Waals surface area contributed by atoms with Gasteiger partial charge in [-0.1, -0.05) is 37.0 Å². The molecular formula is C11H12Cl2N2O2. The van der Waals surface area contributed by atoms with Crippen LogP contribution in [0.5, 0.6) is 0 Å². The smallest absolute Gasteiger partial charge is 0.248 e. The molecule has 6 heteroatoms. The number of hydrogen-bond acceptors (Lipinski definition) is 2. The van der Waals surface area contributed by atoms with Crippen LogP contribution in [0.3, 0.4) is 0 Å². The summed E-state index contributed by atoms with van der Waals surface area (Å²) in [5.74, 6) is -1.03. The van der Waals surface area contributed by atoms with Gasteiger partial charge in [-0.2, -0.15) is 0 Å². The normalized spacial score (nSPS) is 10.4. The van der Waals surface area contributed by atoms with Gasteiger partial charge in [-0.25, -0.2) is 0 Å². The van der Waals surface area contributed by atoms with Crippen molar-refractivity contribution in [1.29, 1.82) is 0 Å². The molecule has 3 N–H and O–H groups in total. The quantitative estimate of drug-likeness (QED) is 0.890. The average molecular weight is 275 g/mol. The van der Waals surface area contributed by atoms with E-state index in [1.54, 1.807) is 13.8 Å². The molecule has 1 aromatic rings. The van der Waals surface area contributed by atoms with Gasteiger partial charge in [-0.05, 0) is 12.1 Å². The number of anilines is 1. The van der Waals surface area contributed by atoms with E-state index in [1.807, 2.05) is 0 Å². The predicted molar refractivity (Wildman–Crippen MR) is 68.4 cm³/mol. The van der Waals surface area contributed by atoms with Crippen molar-refractivity contribution in [1.82, 2.24) is 0 Å².